The highest BCUT2D eigenvalue weighted by Gasteiger charge is 2.26. The summed E-state index contributed by atoms with van der Waals surface area (Å²) in [6.45, 7) is 0. The van der Waals surface area contributed by atoms with E-state index >= 15 is 0 Å². The third-order valence-corrected chi connectivity index (χ3v) is 5.46. The van der Waals surface area contributed by atoms with Gasteiger partial charge in [-0.2, -0.15) is 0 Å². The van der Waals surface area contributed by atoms with Gasteiger partial charge in [0.25, 0.3) is 0 Å². The van der Waals surface area contributed by atoms with Gasteiger partial charge in [0.2, 0.25) is 10.0 Å². The lowest BCUT2D eigenvalue weighted by atomic mass is 9.92. The molecule has 7 heteroatoms. The highest BCUT2D eigenvalue weighted by molar-refractivity contribution is 7.89. The summed E-state index contributed by atoms with van der Waals surface area (Å²) in [6.07, 6.45) is 0.782. The molecule has 0 aliphatic carbocycles. The molecule has 3 rings (SSSR count). The van der Waals surface area contributed by atoms with Crippen LogP contribution in [0.2, 0.25) is 0 Å². The Hall–Kier alpha value is -3.29. The van der Waals surface area contributed by atoms with E-state index in [1.165, 1.54) is 6.07 Å². The van der Waals surface area contributed by atoms with Crippen LogP contribution in [0.1, 0.15) is 37.4 Å². The molecule has 3 aromatic rings. The average Bonchev–Trinajstić information content (AvgIpc) is 2.71. The Labute approximate surface area is 168 Å². The number of carboxylic acid groups (broad SMARTS) is 1. The summed E-state index contributed by atoms with van der Waals surface area (Å²) in [5.74, 6) is -1.82. The molecule has 0 aliphatic rings. The summed E-state index contributed by atoms with van der Waals surface area (Å²) in [7, 11) is -4.33. The average molecular weight is 409 g/mol. The van der Waals surface area contributed by atoms with Crippen LogP contribution >= 0.6 is 0 Å². The lowest BCUT2D eigenvalue weighted by Crippen LogP contribution is -2.20. The van der Waals surface area contributed by atoms with Crippen molar-refractivity contribution in [2.75, 3.05) is 0 Å². The minimum Gasteiger partial charge on any atom is -0.478 e. The predicted octanol–water partition coefficient (Wildman–Crippen LogP) is 3.05. The second-order valence-electron chi connectivity index (χ2n) is 6.54. The second kappa shape index (κ2) is 8.38. The third-order valence-electron chi connectivity index (χ3n) is 4.53. The van der Waals surface area contributed by atoms with Crippen molar-refractivity contribution in [1.82, 2.24) is 0 Å². The molecule has 0 aliphatic heterocycles. The smallest absolute Gasteiger partial charge is 0.335 e. The van der Waals surface area contributed by atoms with Gasteiger partial charge in [-0.3, -0.25) is 4.79 Å². The molecule has 0 fully saturated rings. The van der Waals surface area contributed by atoms with Gasteiger partial charge in [-0.15, -0.1) is 0 Å². The highest BCUT2D eigenvalue weighted by atomic mass is 32.2. The summed E-state index contributed by atoms with van der Waals surface area (Å²) in [5.41, 5.74) is 1.28. The fraction of sp³-hybridized carbons (Fsp3) is 0.0909. The normalized spacial score (nSPS) is 11.2. The summed E-state index contributed by atoms with van der Waals surface area (Å²) in [5, 5.41) is 14.8. The van der Waals surface area contributed by atoms with E-state index in [1.54, 1.807) is 30.3 Å². The van der Waals surface area contributed by atoms with Crippen LogP contribution < -0.4 is 5.14 Å². The first-order chi connectivity index (χ1) is 13.8. The van der Waals surface area contributed by atoms with E-state index in [4.69, 9.17) is 5.14 Å². The van der Waals surface area contributed by atoms with Crippen molar-refractivity contribution < 1.29 is 23.1 Å². The number of sulfonamides is 1. The SMILES string of the molecule is NS(=O)(=O)c1cc(C(=O)O)cc(CCc2ccccc2)c1C(=O)c1ccccc1. The van der Waals surface area contributed by atoms with Crippen molar-refractivity contribution in [3.05, 3.63) is 101 Å². The minimum atomic E-state index is -4.33. The van der Waals surface area contributed by atoms with E-state index in [-0.39, 0.29) is 17.5 Å². The zero-order valence-corrected chi connectivity index (χ0v) is 16.2. The number of aryl methyl sites for hydroxylation is 2. The fourth-order valence-electron chi connectivity index (χ4n) is 3.13. The summed E-state index contributed by atoms with van der Waals surface area (Å²) in [6, 6.07) is 19.9. The number of primary sulfonamides is 1. The van der Waals surface area contributed by atoms with Crippen molar-refractivity contribution in [1.29, 1.82) is 0 Å². The monoisotopic (exact) mass is 409 g/mol. The maximum absolute atomic E-state index is 13.2. The van der Waals surface area contributed by atoms with Gasteiger partial charge in [0, 0.05) is 11.1 Å². The first-order valence-electron chi connectivity index (χ1n) is 8.84. The zero-order valence-electron chi connectivity index (χ0n) is 15.4. The lowest BCUT2D eigenvalue weighted by molar-refractivity contribution is 0.0696. The Bertz CT molecular complexity index is 1160. The maximum atomic E-state index is 13.2. The standard InChI is InChI=1S/C22H19NO5S/c23-29(27,28)19-14-18(22(25)26)13-17(12-11-15-7-3-1-4-8-15)20(19)21(24)16-9-5-2-6-10-16/h1-10,13-14H,11-12H2,(H,25,26)(H2,23,27,28). The molecule has 29 heavy (non-hydrogen) atoms. The Morgan fingerprint density at radius 1 is 0.828 bits per heavy atom. The lowest BCUT2D eigenvalue weighted by Gasteiger charge is -2.15. The predicted molar refractivity (Wildman–Crippen MR) is 108 cm³/mol. The first-order valence-corrected chi connectivity index (χ1v) is 10.4. The Balaban J connectivity index is 2.18. The van der Waals surface area contributed by atoms with Gasteiger partial charge in [-0.05, 0) is 36.1 Å². The largest absolute Gasteiger partial charge is 0.478 e. The van der Waals surface area contributed by atoms with Crippen molar-refractivity contribution in [3.8, 4) is 0 Å². The first kappa shape index (κ1) is 20.4. The molecule has 0 aromatic heterocycles. The molecule has 0 radical (unpaired) electrons. The maximum Gasteiger partial charge on any atom is 0.335 e. The van der Waals surface area contributed by atoms with Gasteiger partial charge >= 0.3 is 5.97 Å². The van der Waals surface area contributed by atoms with Gasteiger partial charge in [0.05, 0.1) is 10.5 Å². The number of carboxylic acids is 1. The van der Waals surface area contributed by atoms with E-state index in [2.05, 4.69) is 0 Å². The number of nitrogens with two attached hydrogens (primary N) is 1. The molecule has 0 heterocycles. The number of rotatable bonds is 7. The molecule has 0 saturated heterocycles. The topological polar surface area (TPSA) is 115 Å². The third kappa shape index (κ3) is 4.77. The number of carbonyl (C=O) groups is 2. The molecular formula is C22H19NO5S. The van der Waals surface area contributed by atoms with Gasteiger partial charge in [0.1, 0.15) is 0 Å². The van der Waals surface area contributed by atoms with Crippen LogP contribution in [0.4, 0.5) is 0 Å². The van der Waals surface area contributed by atoms with Gasteiger partial charge in [0.15, 0.2) is 5.78 Å². The molecule has 148 valence electrons. The zero-order chi connectivity index (χ0) is 21.0. The molecule has 0 amide bonds. The number of aromatic carboxylic acids is 1. The van der Waals surface area contributed by atoms with Crippen molar-refractivity contribution in [2.45, 2.75) is 17.7 Å². The Kier molecular flexibility index (Phi) is 5.91. The summed E-state index contributed by atoms with van der Waals surface area (Å²) in [4.78, 5) is 24.2. The second-order valence-corrected chi connectivity index (χ2v) is 8.07. The number of ketones is 1. The molecule has 0 bridgehead atoms. The van der Waals surface area contributed by atoms with Crippen molar-refractivity contribution in [3.63, 3.8) is 0 Å². The van der Waals surface area contributed by atoms with Crippen molar-refractivity contribution in [2.24, 2.45) is 5.14 Å². The fourth-order valence-corrected chi connectivity index (χ4v) is 3.93. The van der Waals surface area contributed by atoms with E-state index < -0.39 is 26.7 Å². The van der Waals surface area contributed by atoms with Crippen LogP contribution in [0.25, 0.3) is 0 Å². The van der Waals surface area contributed by atoms with Gasteiger partial charge < -0.3 is 5.11 Å². The van der Waals surface area contributed by atoms with Crippen molar-refractivity contribution >= 4 is 21.8 Å². The Morgan fingerprint density at radius 2 is 1.41 bits per heavy atom. The van der Waals surface area contributed by atoms with Crippen LogP contribution in [-0.2, 0) is 22.9 Å². The van der Waals surface area contributed by atoms with Crippen LogP contribution in [0.15, 0.2) is 77.7 Å². The molecule has 0 unspecified atom stereocenters. The molecule has 0 saturated carbocycles. The molecular weight excluding hydrogens is 390 g/mol. The summed E-state index contributed by atoms with van der Waals surface area (Å²) < 4.78 is 24.4. The van der Waals surface area contributed by atoms with E-state index in [0.717, 1.165) is 11.6 Å². The minimum absolute atomic E-state index is 0.0837. The quantitative estimate of drug-likeness (QED) is 0.582. The number of hydrogen-bond donors (Lipinski definition) is 2. The number of benzene rings is 3. The van der Waals surface area contributed by atoms with Crippen LogP contribution in [-0.4, -0.2) is 25.3 Å². The highest BCUT2D eigenvalue weighted by Crippen LogP contribution is 2.26. The molecule has 3 aromatic carbocycles. The van der Waals surface area contributed by atoms with E-state index in [1.807, 2.05) is 30.3 Å². The van der Waals surface area contributed by atoms with Crippen LogP contribution in [0, 0.1) is 0 Å². The molecule has 6 nitrogen and oxygen atoms in total. The van der Waals surface area contributed by atoms with Crippen LogP contribution in [0.5, 0.6) is 0 Å². The molecule has 0 spiro atoms. The van der Waals surface area contributed by atoms with Gasteiger partial charge in [-0.1, -0.05) is 60.7 Å². The molecule has 0 atom stereocenters. The number of hydrogen-bond acceptors (Lipinski definition) is 4. The Morgan fingerprint density at radius 3 is 1.97 bits per heavy atom. The van der Waals surface area contributed by atoms with Crippen LogP contribution in [0.3, 0.4) is 0 Å². The van der Waals surface area contributed by atoms with Gasteiger partial charge in [-0.25, -0.2) is 18.4 Å². The summed E-state index contributed by atoms with van der Waals surface area (Å²) >= 11 is 0. The van der Waals surface area contributed by atoms with E-state index in [0.29, 0.717) is 17.5 Å². The number of carbonyl (C=O) groups excluding carboxylic acids is 1. The molecule has 3 N–H and O–H groups in total. The van der Waals surface area contributed by atoms with E-state index in [9.17, 15) is 23.1 Å².